The summed E-state index contributed by atoms with van der Waals surface area (Å²) in [5, 5.41) is 3.01. The fraction of sp³-hybridized carbons (Fsp3) is 0.562. The summed E-state index contributed by atoms with van der Waals surface area (Å²) in [6.07, 6.45) is 5.08. The maximum Gasteiger partial charge on any atom is 0.224 e. The van der Waals surface area contributed by atoms with Crippen LogP contribution in [-0.4, -0.2) is 18.5 Å². The Bertz CT molecular complexity index is 473. The number of hydrogen-bond acceptors (Lipinski definition) is 3. The lowest BCUT2D eigenvalue weighted by molar-refractivity contribution is -0.116. The first kappa shape index (κ1) is 14.7. The number of carbonyl (C=O) groups is 1. The molecule has 4 nitrogen and oxygen atoms in total. The SMILES string of the molecule is CCCC(=O)Nc1cc(N)ccc1N1CCCC[C@H]1C. The van der Waals surface area contributed by atoms with Crippen molar-refractivity contribution in [2.45, 2.75) is 52.0 Å². The molecule has 110 valence electrons. The van der Waals surface area contributed by atoms with E-state index >= 15 is 0 Å². The molecule has 2 rings (SSSR count). The molecule has 1 atom stereocenters. The molecule has 1 heterocycles. The van der Waals surface area contributed by atoms with Crippen molar-refractivity contribution in [1.29, 1.82) is 0 Å². The third-order valence-corrected chi connectivity index (χ3v) is 3.88. The molecular formula is C16H25N3O. The van der Waals surface area contributed by atoms with Gasteiger partial charge in [0.1, 0.15) is 0 Å². The molecule has 1 aromatic rings. The van der Waals surface area contributed by atoms with Crippen LogP contribution in [0.4, 0.5) is 17.1 Å². The quantitative estimate of drug-likeness (QED) is 0.828. The van der Waals surface area contributed by atoms with Crippen LogP contribution in [0, 0.1) is 0 Å². The molecular weight excluding hydrogens is 250 g/mol. The molecule has 1 aromatic carbocycles. The van der Waals surface area contributed by atoms with E-state index in [0.717, 1.165) is 24.3 Å². The van der Waals surface area contributed by atoms with E-state index in [1.54, 1.807) is 0 Å². The van der Waals surface area contributed by atoms with Gasteiger partial charge in [-0.25, -0.2) is 0 Å². The highest BCUT2D eigenvalue weighted by Gasteiger charge is 2.21. The summed E-state index contributed by atoms with van der Waals surface area (Å²) in [7, 11) is 0. The van der Waals surface area contributed by atoms with E-state index in [4.69, 9.17) is 5.73 Å². The average Bonchev–Trinajstić information content (AvgIpc) is 2.40. The Kier molecular flexibility index (Phi) is 4.88. The van der Waals surface area contributed by atoms with Gasteiger partial charge in [-0.15, -0.1) is 0 Å². The van der Waals surface area contributed by atoms with Gasteiger partial charge in [0, 0.05) is 24.7 Å². The Balaban J connectivity index is 2.25. The predicted octanol–water partition coefficient (Wildman–Crippen LogP) is 3.39. The summed E-state index contributed by atoms with van der Waals surface area (Å²) < 4.78 is 0. The summed E-state index contributed by atoms with van der Waals surface area (Å²) in [4.78, 5) is 14.2. The minimum atomic E-state index is 0.0593. The first-order valence-corrected chi connectivity index (χ1v) is 7.58. The second-order valence-corrected chi connectivity index (χ2v) is 5.61. The topological polar surface area (TPSA) is 58.4 Å². The van der Waals surface area contributed by atoms with E-state index < -0.39 is 0 Å². The Hall–Kier alpha value is -1.71. The molecule has 1 aliphatic rings. The van der Waals surface area contributed by atoms with Crippen LogP contribution >= 0.6 is 0 Å². The standard InChI is InChI=1S/C16H25N3O/c1-3-6-16(20)18-14-11-13(17)8-9-15(14)19-10-5-4-7-12(19)2/h8-9,11-12H,3-7,10,17H2,1-2H3,(H,18,20)/t12-/m1/s1. The van der Waals surface area contributed by atoms with E-state index in [2.05, 4.69) is 17.1 Å². The summed E-state index contributed by atoms with van der Waals surface area (Å²) >= 11 is 0. The van der Waals surface area contributed by atoms with E-state index in [0.29, 0.717) is 18.2 Å². The number of rotatable bonds is 4. The van der Waals surface area contributed by atoms with Gasteiger partial charge >= 0.3 is 0 Å². The zero-order valence-corrected chi connectivity index (χ0v) is 12.5. The van der Waals surface area contributed by atoms with Gasteiger partial charge in [0.05, 0.1) is 11.4 Å². The van der Waals surface area contributed by atoms with Crippen molar-refractivity contribution in [1.82, 2.24) is 0 Å². The number of anilines is 3. The van der Waals surface area contributed by atoms with Crippen molar-refractivity contribution in [3.63, 3.8) is 0 Å². The molecule has 3 N–H and O–H groups in total. The monoisotopic (exact) mass is 275 g/mol. The Labute approximate surface area is 121 Å². The molecule has 20 heavy (non-hydrogen) atoms. The Morgan fingerprint density at radius 1 is 1.45 bits per heavy atom. The summed E-state index contributed by atoms with van der Waals surface area (Å²) in [6, 6.07) is 6.31. The fourth-order valence-electron chi connectivity index (χ4n) is 2.80. The van der Waals surface area contributed by atoms with Crippen molar-refractivity contribution >= 4 is 23.0 Å². The van der Waals surface area contributed by atoms with E-state index in [-0.39, 0.29) is 5.91 Å². The number of nitrogens with one attached hydrogen (secondary N) is 1. The maximum absolute atomic E-state index is 11.9. The normalized spacial score (nSPS) is 18.9. The van der Waals surface area contributed by atoms with Crippen molar-refractivity contribution in [2.75, 3.05) is 22.5 Å². The number of nitrogens with two attached hydrogens (primary N) is 1. The molecule has 1 saturated heterocycles. The number of amides is 1. The van der Waals surface area contributed by atoms with E-state index in [1.807, 2.05) is 25.1 Å². The number of nitrogen functional groups attached to an aromatic ring is 1. The molecule has 0 aliphatic carbocycles. The van der Waals surface area contributed by atoms with Gasteiger partial charge < -0.3 is 16.0 Å². The van der Waals surface area contributed by atoms with Gasteiger partial charge in [-0.05, 0) is 50.8 Å². The minimum Gasteiger partial charge on any atom is -0.399 e. The van der Waals surface area contributed by atoms with E-state index in [9.17, 15) is 4.79 Å². The summed E-state index contributed by atoms with van der Waals surface area (Å²) in [5.74, 6) is 0.0593. The van der Waals surface area contributed by atoms with Crippen LogP contribution in [0.3, 0.4) is 0 Å². The molecule has 1 amide bonds. The molecule has 0 bridgehead atoms. The Morgan fingerprint density at radius 3 is 2.95 bits per heavy atom. The molecule has 0 aromatic heterocycles. The van der Waals surface area contributed by atoms with Crippen LogP contribution in [-0.2, 0) is 4.79 Å². The lowest BCUT2D eigenvalue weighted by Crippen LogP contribution is -2.38. The number of benzene rings is 1. The van der Waals surface area contributed by atoms with Gasteiger partial charge in [0.25, 0.3) is 0 Å². The van der Waals surface area contributed by atoms with Gasteiger partial charge in [-0.3, -0.25) is 4.79 Å². The molecule has 0 unspecified atom stereocenters. The summed E-state index contributed by atoms with van der Waals surface area (Å²) in [5.41, 5.74) is 8.49. The number of piperidine rings is 1. The third kappa shape index (κ3) is 3.44. The number of nitrogens with zero attached hydrogens (tertiary/aromatic N) is 1. The molecule has 0 spiro atoms. The lowest BCUT2D eigenvalue weighted by atomic mass is 10.0. The average molecular weight is 275 g/mol. The molecule has 0 saturated carbocycles. The largest absolute Gasteiger partial charge is 0.399 e. The van der Waals surface area contributed by atoms with Crippen molar-refractivity contribution < 1.29 is 4.79 Å². The highest BCUT2D eigenvalue weighted by molar-refractivity contribution is 5.95. The predicted molar refractivity (Wildman–Crippen MR) is 85.1 cm³/mol. The highest BCUT2D eigenvalue weighted by Crippen LogP contribution is 2.33. The van der Waals surface area contributed by atoms with Gasteiger partial charge in [-0.2, -0.15) is 0 Å². The first-order chi connectivity index (χ1) is 9.61. The third-order valence-electron chi connectivity index (χ3n) is 3.88. The number of hydrogen-bond donors (Lipinski definition) is 2. The van der Waals surface area contributed by atoms with Gasteiger partial charge in [-0.1, -0.05) is 6.92 Å². The molecule has 4 heteroatoms. The first-order valence-electron chi connectivity index (χ1n) is 7.58. The van der Waals surface area contributed by atoms with Crippen LogP contribution in [0.2, 0.25) is 0 Å². The van der Waals surface area contributed by atoms with Crippen LogP contribution in [0.25, 0.3) is 0 Å². The zero-order chi connectivity index (χ0) is 14.5. The van der Waals surface area contributed by atoms with Crippen molar-refractivity contribution in [3.05, 3.63) is 18.2 Å². The molecule has 0 radical (unpaired) electrons. The summed E-state index contributed by atoms with van der Waals surface area (Å²) in [6.45, 7) is 5.29. The fourth-order valence-corrected chi connectivity index (χ4v) is 2.80. The smallest absolute Gasteiger partial charge is 0.224 e. The molecule has 1 aliphatic heterocycles. The van der Waals surface area contributed by atoms with Crippen LogP contribution in [0.15, 0.2) is 18.2 Å². The van der Waals surface area contributed by atoms with Gasteiger partial charge in [0.2, 0.25) is 5.91 Å². The van der Waals surface area contributed by atoms with Crippen molar-refractivity contribution in [2.24, 2.45) is 0 Å². The van der Waals surface area contributed by atoms with Crippen molar-refractivity contribution in [3.8, 4) is 0 Å². The number of carbonyl (C=O) groups excluding carboxylic acids is 1. The second-order valence-electron chi connectivity index (χ2n) is 5.61. The van der Waals surface area contributed by atoms with Crippen LogP contribution < -0.4 is 16.0 Å². The highest BCUT2D eigenvalue weighted by atomic mass is 16.1. The van der Waals surface area contributed by atoms with Crippen LogP contribution in [0.1, 0.15) is 46.0 Å². The lowest BCUT2D eigenvalue weighted by Gasteiger charge is -2.36. The zero-order valence-electron chi connectivity index (χ0n) is 12.5. The maximum atomic E-state index is 11.9. The Morgan fingerprint density at radius 2 is 2.25 bits per heavy atom. The van der Waals surface area contributed by atoms with E-state index in [1.165, 1.54) is 19.3 Å². The molecule has 1 fully saturated rings. The second kappa shape index (κ2) is 6.64. The van der Waals surface area contributed by atoms with Crippen LogP contribution in [0.5, 0.6) is 0 Å². The minimum absolute atomic E-state index is 0.0593. The van der Waals surface area contributed by atoms with Gasteiger partial charge in [0.15, 0.2) is 0 Å².